The van der Waals surface area contributed by atoms with Gasteiger partial charge in [0.25, 0.3) is 0 Å². The van der Waals surface area contributed by atoms with Crippen LogP contribution >= 0.6 is 11.3 Å². The average molecular weight is 412 g/mol. The van der Waals surface area contributed by atoms with Crippen molar-refractivity contribution in [1.82, 2.24) is 25.1 Å². The van der Waals surface area contributed by atoms with Gasteiger partial charge in [0.2, 0.25) is 0 Å². The third kappa shape index (κ3) is 4.11. The quantitative estimate of drug-likeness (QED) is 0.422. The third-order valence-corrected chi connectivity index (χ3v) is 5.35. The monoisotopic (exact) mass is 412 g/mol. The Balaban J connectivity index is 1.57. The molecule has 0 saturated heterocycles. The van der Waals surface area contributed by atoms with Crippen LogP contribution in [0, 0.1) is 0 Å². The number of aryl methyl sites for hydroxylation is 1. The number of anilines is 2. The second kappa shape index (κ2) is 8.39. The summed E-state index contributed by atoms with van der Waals surface area (Å²) >= 11 is 1.50. The number of carbonyl (C=O) groups excluding carboxylic acids is 1. The van der Waals surface area contributed by atoms with Crippen LogP contribution in [0.4, 0.5) is 11.5 Å². The van der Waals surface area contributed by atoms with E-state index in [2.05, 4.69) is 30.5 Å². The van der Waals surface area contributed by atoms with Crippen LogP contribution in [0.3, 0.4) is 0 Å². The van der Waals surface area contributed by atoms with Crippen LogP contribution in [0.2, 0.25) is 0 Å². The van der Waals surface area contributed by atoms with Gasteiger partial charge < -0.3 is 14.8 Å². The Morgan fingerprint density at radius 3 is 3.03 bits per heavy atom. The summed E-state index contributed by atoms with van der Waals surface area (Å²) in [4.78, 5) is 25.7. The molecule has 0 amide bonds. The second-order valence-corrected chi connectivity index (χ2v) is 7.34. The molecule has 0 aliphatic heterocycles. The lowest BCUT2D eigenvalue weighted by Gasteiger charge is -2.10. The first kappa shape index (κ1) is 19.1. The van der Waals surface area contributed by atoms with Gasteiger partial charge in [0.15, 0.2) is 5.82 Å². The molecule has 0 aliphatic rings. The molecule has 0 spiro atoms. The highest BCUT2D eigenvalue weighted by atomic mass is 32.1. The van der Waals surface area contributed by atoms with Crippen molar-refractivity contribution in [3.8, 4) is 5.75 Å². The highest BCUT2D eigenvalue weighted by molar-refractivity contribution is 7.18. The molecule has 0 saturated carbocycles. The number of H-pyrrole nitrogens is 1. The number of carbonyl (C=O) groups is 1. The molecular weight excluding hydrogens is 392 g/mol. The van der Waals surface area contributed by atoms with Crippen LogP contribution in [0.25, 0.3) is 21.3 Å². The van der Waals surface area contributed by atoms with Gasteiger partial charge in [0, 0.05) is 17.9 Å². The van der Waals surface area contributed by atoms with Crippen LogP contribution in [0.5, 0.6) is 5.75 Å². The topological polar surface area (TPSA) is 115 Å². The summed E-state index contributed by atoms with van der Waals surface area (Å²) in [6.45, 7) is 2.20. The molecule has 4 aromatic rings. The molecule has 0 atom stereocenters. The zero-order chi connectivity index (χ0) is 20.2. The maximum atomic E-state index is 11.5. The van der Waals surface area contributed by atoms with Crippen molar-refractivity contribution in [2.75, 3.05) is 19.0 Å². The fourth-order valence-electron chi connectivity index (χ4n) is 2.98. The minimum Gasteiger partial charge on any atom is -0.494 e. The van der Waals surface area contributed by atoms with E-state index in [1.165, 1.54) is 17.7 Å². The number of aromatic amines is 1. The molecule has 0 aliphatic carbocycles. The van der Waals surface area contributed by atoms with E-state index >= 15 is 0 Å². The Morgan fingerprint density at radius 2 is 2.21 bits per heavy atom. The molecule has 150 valence electrons. The summed E-state index contributed by atoms with van der Waals surface area (Å²) in [7, 11) is 1.61. The Morgan fingerprint density at radius 1 is 1.31 bits per heavy atom. The van der Waals surface area contributed by atoms with Gasteiger partial charge in [-0.3, -0.25) is 9.89 Å². The van der Waals surface area contributed by atoms with Gasteiger partial charge in [0.1, 0.15) is 22.4 Å². The smallest absolute Gasteiger partial charge is 0.305 e. The van der Waals surface area contributed by atoms with Crippen LogP contribution in [0.15, 0.2) is 24.7 Å². The number of nitrogens with zero attached hydrogens (tertiary/aromatic N) is 4. The van der Waals surface area contributed by atoms with E-state index in [9.17, 15) is 4.79 Å². The second-order valence-electron chi connectivity index (χ2n) is 6.28. The van der Waals surface area contributed by atoms with Gasteiger partial charge in [-0.15, -0.1) is 0 Å². The molecule has 2 N–H and O–H groups in total. The number of esters is 1. The van der Waals surface area contributed by atoms with E-state index in [0.29, 0.717) is 43.0 Å². The highest BCUT2D eigenvalue weighted by Gasteiger charge is 2.14. The van der Waals surface area contributed by atoms with Gasteiger partial charge in [-0.2, -0.15) is 5.10 Å². The van der Waals surface area contributed by atoms with Crippen LogP contribution in [-0.2, 0) is 16.0 Å². The average Bonchev–Trinajstić information content (AvgIpc) is 3.34. The molecule has 4 rings (SSSR count). The van der Waals surface area contributed by atoms with Gasteiger partial charge in [-0.25, -0.2) is 15.0 Å². The molecule has 0 unspecified atom stereocenters. The Hall–Kier alpha value is -3.27. The van der Waals surface area contributed by atoms with Crippen molar-refractivity contribution in [1.29, 1.82) is 0 Å². The first-order chi connectivity index (χ1) is 14.2. The highest BCUT2D eigenvalue weighted by Crippen LogP contribution is 2.34. The van der Waals surface area contributed by atoms with Crippen LogP contribution in [-0.4, -0.2) is 44.8 Å². The van der Waals surface area contributed by atoms with Crippen molar-refractivity contribution >= 4 is 50.1 Å². The summed E-state index contributed by atoms with van der Waals surface area (Å²) in [5.41, 5.74) is 2.34. The van der Waals surface area contributed by atoms with E-state index in [0.717, 1.165) is 26.4 Å². The molecule has 1 aromatic carbocycles. The van der Waals surface area contributed by atoms with Crippen molar-refractivity contribution in [2.45, 2.75) is 26.2 Å². The first-order valence-corrected chi connectivity index (χ1v) is 10.0. The normalized spacial score (nSPS) is 11.1. The number of methoxy groups -OCH3 is 1. The number of benzene rings is 1. The van der Waals surface area contributed by atoms with Gasteiger partial charge in [-0.05, 0) is 25.8 Å². The van der Waals surface area contributed by atoms with Gasteiger partial charge in [-0.1, -0.05) is 11.3 Å². The number of thiazole rings is 1. The van der Waals surface area contributed by atoms with E-state index in [1.54, 1.807) is 20.2 Å². The Kier molecular flexibility index (Phi) is 5.52. The molecule has 9 nitrogen and oxygen atoms in total. The Bertz CT molecular complexity index is 1160. The zero-order valence-electron chi connectivity index (χ0n) is 16.1. The van der Waals surface area contributed by atoms with Crippen molar-refractivity contribution in [3.05, 3.63) is 29.7 Å². The first-order valence-electron chi connectivity index (χ1n) is 9.22. The summed E-state index contributed by atoms with van der Waals surface area (Å²) in [5, 5.41) is 12.1. The van der Waals surface area contributed by atoms with Crippen molar-refractivity contribution in [2.24, 2.45) is 0 Å². The number of hydrogen-bond donors (Lipinski definition) is 2. The minimum atomic E-state index is -0.183. The number of rotatable bonds is 8. The lowest BCUT2D eigenvalue weighted by molar-refractivity contribution is -0.143. The number of ether oxygens (including phenoxy) is 2. The number of nitrogens with one attached hydrogen (secondary N) is 2. The molecule has 0 radical (unpaired) electrons. The molecule has 0 bridgehead atoms. The number of hydrogen-bond acceptors (Lipinski definition) is 9. The van der Waals surface area contributed by atoms with Gasteiger partial charge >= 0.3 is 5.97 Å². The Labute approximate surface area is 170 Å². The van der Waals surface area contributed by atoms with Crippen molar-refractivity contribution < 1.29 is 14.3 Å². The molecule has 3 heterocycles. The van der Waals surface area contributed by atoms with Crippen molar-refractivity contribution in [3.63, 3.8) is 0 Å². The lowest BCUT2D eigenvalue weighted by Crippen LogP contribution is -2.03. The molecule has 29 heavy (non-hydrogen) atoms. The largest absolute Gasteiger partial charge is 0.494 e. The molecular formula is C19H20N6O3S. The predicted octanol–water partition coefficient (Wildman–Crippen LogP) is 3.60. The van der Waals surface area contributed by atoms with E-state index in [1.807, 2.05) is 12.1 Å². The molecule has 3 aromatic heterocycles. The predicted molar refractivity (Wildman–Crippen MR) is 111 cm³/mol. The van der Waals surface area contributed by atoms with E-state index in [4.69, 9.17) is 9.47 Å². The standard InChI is InChI=1S/C19H20N6O3S/c1-3-28-16(26)6-4-5-15-24-17-18(20-10-21-19(17)29-15)23-13-7-11-9-22-25-12(11)8-14(13)27-2/h7-10H,3-6H2,1-2H3,(H,22,25)(H,20,21,23). The summed E-state index contributed by atoms with van der Waals surface area (Å²) in [6, 6.07) is 3.82. The van der Waals surface area contributed by atoms with E-state index in [-0.39, 0.29) is 5.97 Å². The summed E-state index contributed by atoms with van der Waals surface area (Å²) in [5.74, 6) is 1.08. The number of fused-ring (bicyclic) bond motifs is 2. The lowest BCUT2D eigenvalue weighted by atomic mass is 10.2. The SMILES string of the molecule is CCOC(=O)CCCc1nc2c(Nc3cc4cn[nH]c4cc3OC)ncnc2s1. The van der Waals surface area contributed by atoms with Crippen LogP contribution < -0.4 is 10.1 Å². The fraction of sp³-hybridized carbons (Fsp3) is 0.316. The number of aromatic nitrogens is 5. The molecule has 10 heteroatoms. The van der Waals surface area contributed by atoms with E-state index < -0.39 is 0 Å². The van der Waals surface area contributed by atoms with Gasteiger partial charge in [0.05, 0.1) is 36.1 Å². The maximum absolute atomic E-state index is 11.5. The minimum absolute atomic E-state index is 0.183. The fourth-order valence-corrected chi connectivity index (χ4v) is 3.92. The van der Waals surface area contributed by atoms with Crippen LogP contribution in [0.1, 0.15) is 24.8 Å². The maximum Gasteiger partial charge on any atom is 0.305 e. The summed E-state index contributed by atoms with van der Waals surface area (Å²) < 4.78 is 10.5. The summed E-state index contributed by atoms with van der Waals surface area (Å²) in [6.07, 6.45) is 5.00. The zero-order valence-corrected chi connectivity index (χ0v) is 16.9. The molecule has 0 fully saturated rings. The third-order valence-electron chi connectivity index (χ3n) is 4.33.